The molecule has 0 aliphatic heterocycles. The molecule has 2 N–H and O–H groups in total. The Hall–Kier alpha value is -3.19. The van der Waals surface area contributed by atoms with Gasteiger partial charge in [0.25, 0.3) is 5.91 Å². The molecule has 0 atom stereocenters. The van der Waals surface area contributed by atoms with Crippen molar-refractivity contribution < 1.29 is 14.3 Å². The zero-order valence-corrected chi connectivity index (χ0v) is 17.6. The van der Waals surface area contributed by atoms with Gasteiger partial charge in [-0.25, -0.2) is 9.78 Å². The molecular weight excluding hydrogens is 386 g/mol. The maximum Gasteiger partial charge on any atom is 0.412 e. The van der Waals surface area contributed by atoms with Crippen LogP contribution in [0, 0.1) is 6.92 Å². The summed E-state index contributed by atoms with van der Waals surface area (Å²) in [7, 11) is 0. The van der Waals surface area contributed by atoms with Crippen LogP contribution in [0.4, 0.5) is 16.2 Å². The number of hydrogen-bond acceptors (Lipinski definition) is 5. The largest absolute Gasteiger partial charge is 0.444 e. The number of ether oxygens (including phenoxy) is 1. The predicted molar refractivity (Wildman–Crippen MR) is 117 cm³/mol. The molecule has 1 aromatic heterocycles. The van der Waals surface area contributed by atoms with E-state index in [4.69, 9.17) is 4.74 Å². The first-order valence-electron chi connectivity index (χ1n) is 9.13. The highest BCUT2D eigenvalue weighted by molar-refractivity contribution is 7.09. The van der Waals surface area contributed by atoms with Gasteiger partial charge in [0.1, 0.15) is 5.60 Å². The van der Waals surface area contributed by atoms with E-state index in [1.54, 1.807) is 56.4 Å². The molecule has 0 saturated heterocycles. The van der Waals surface area contributed by atoms with Crippen LogP contribution in [0.5, 0.6) is 0 Å². The number of thiazole rings is 1. The van der Waals surface area contributed by atoms with E-state index >= 15 is 0 Å². The summed E-state index contributed by atoms with van der Waals surface area (Å²) in [6.45, 7) is 7.32. The van der Waals surface area contributed by atoms with Gasteiger partial charge in [0.2, 0.25) is 0 Å². The van der Waals surface area contributed by atoms with E-state index in [1.807, 2.05) is 36.6 Å². The number of hydrogen-bond donors (Lipinski definition) is 2. The zero-order chi connectivity index (χ0) is 21.0. The Labute approximate surface area is 173 Å². The Morgan fingerprint density at radius 2 is 1.69 bits per heavy atom. The lowest BCUT2D eigenvalue weighted by Gasteiger charge is -2.19. The first kappa shape index (κ1) is 20.5. The Balaban J connectivity index is 1.71. The summed E-state index contributed by atoms with van der Waals surface area (Å²) in [5.74, 6) is -0.274. The summed E-state index contributed by atoms with van der Waals surface area (Å²) in [6, 6.07) is 14.2. The maximum absolute atomic E-state index is 12.7. The SMILES string of the molecule is Cc1nc(-c2cccc(NC(=O)c3cccc(NC(=O)OC(C)(C)C)c3)c2)cs1. The minimum atomic E-state index is -0.597. The summed E-state index contributed by atoms with van der Waals surface area (Å²) >= 11 is 1.58. The third kappa shape index (κ3) is 5.89. The summed E-state index contributed by atoms with van der Waals surface area (Å²) in [6.07, 6.45) is -0.568. The van der Waals surface area contributed by atoms with Crippen LogP contribution in [0.15, 0.2) is 53.9 Å². The van der Waals surface area contributed by atoms with Crippen LogP contribution in [-0.2, 0) is 4.74 Å². The maximum atomic E-state index is 12.7. The molecule has 0 radical (unpaired) electrons. The van der Waals surface area contributed by atoms with Crippen LogP contribution >= 0.6 is 11.3 Å². The van der Waals surface area contributed by atoms with Crippen LogP contribution in [-0.4, -0.2) is 22.6 Å². The number of anilines is 2. The fraction of sp³-hybridized carbons (Fsp3) is 0.227. The van der Waals surface area contributed by atoms with Crippen molar-refractivity contribution in [2.45, 2.75) is 33.3 Å². The van der Waals surface area contributed by atoms with E-state index in [1.165, 1.54) is 0 Å². The van der Waals surface area contributed by atoms with Gasteiger partial charge in [0.15, 0.2) is 0 Å². The number of amides is 2. The molecule has 3 rings (SSSR count). The van der Waals surface area contributed by atoms with Crippen LogP contribution in [0.2, 0.25) is 0 Å². The standard InChI is InChI=1S/C22H23N3O3S/c1-14-23-19(13-29-14)15-7-5-9-17(11-15)24-20(26)16-8-6-10-18(12-16)25-21(27)28-22(2,3)4/h5-13H,1-4H3,(H,24,26)(H,25,27). The smallest absolute Gasteiger partial charge is 0.412 e. The number of aromatic nitrogens is 1. The van der Waals surface area contributed by atoms with Crippen LogP contribution in [0.1, 0.15) is 36.1 Å². The quantitative estimate of drug-likeness (QED) is 0.578. The first-order chi connectivity index (χ1) is 13.7. The van der Waals surface area contributed by atoms with Gasteiger partial charge in [-0.2, -0.15) is 0 Å². The van der Waals surface area contributed by atoms with Gasteiger partial charge in [0.05, 0.1) is 10.7 Å². The number of carbonyl (C=O) groups is 2. The lowest BCUT2D eigenvalue weighted by Crippen LogP contribution is -2.27. The normalized spacial score (nSPS) is 11.0. The average Bonchev–Trinajstić information content (AvgIpc) is 3.07. The molecule has 0 bridgehead atoms. The van der Waals surface area contributed by atoms with E-state index in [0.717, 1.165) is 16.3 Å². The summed E-state index contributed by atoms with van der Waals surface area (Å²) in [5, 5.41) is 8.51. The van der Waals surface area contributed by atoms with Crippen molar-refractivity contribution in [3.8, 4) is 11.3 Å². The van der Waals surface area contributed by atoms with Crippen LogP contribution in [0.25, 0.3) is 11.3 Å². The van der Waals surface area contributed by atoms with Crippen molar-refractivity contribution in [1.29, 1.82) is 0 Å². The lowest BCUT2D eigenvalue weighted by molar-refractivity contribution is 0.0635. The fourth-order valence-corrected chi connectivity index (χ4v) is 3.24. The average molecular weight is 410 g/mol. The molecule has 0 spiro atoms. The second kappa shape index (κ2) is 8.45. The van der Waals surface area contributed by atoms with Gasteiger partial charge < -0.3 is 10.1 Å². The highest BCUT2D eigenvalue weighted by Gasteiger charge is 2.16. The van der Waals surface area contributed by atoms with Crippen molar-refractivity contribution in [3.63, 3.8) is 0 Å². The molecule has 2 amide bonds. The molecular formula is C22H23N3O3S. The zero-order valence-electron chi connectivity index (χ0n) is 16.8. The monoisotopic (exact) mass is 409 g/mol. The van der Waals surface area contributed by atoms with E-state index < -0.39 is 11.7 Å². The third-order valence-electron chi connectivity index (χ3n) is 3.81. The Bertz CT molecular complexity index is 1040. The molecule has 7 heteroatoms. The molecule has 0 aliphatic rings. The molecule has 0 unspecified atom stereocenters. The summed E-state index contributed by atoms with van der Waals surface area (Å²) in [4.78, 5) is 29.1. The fourth-order valence-electron chi connectivity index (χ4n) is 2.62. The van der Waals surface area contributed by atoms with Crippen LogP contribution in [0.3, 0.4) is 0 Å². The molecule has 6 nitrogen and oxygen atoms in total. The molecule has 3 aromatic rings. The third-order valence-corrected chi connectivity index (χ3v) is 4.58. The van der Waals surface area contributed by atoms with Crippen molar-refractivity contribution in [2.75, 3.05) is 10.6 Å². The number of benzene rings is 2. The van der Waals surface area contributed by atoms with Gasteiger partial charge in [0, 0.05) is 27.9 Å². The number of nitrogens with zero attached hydrogens (tertiary/aromatic N) is 1. The van der Waals surface area contributed by atoms with Crippen molar-refractivity contribution >= 4 is 34.7 Å². The number of rotatable bonds is 4. The van der Waals surface area contributed by atoms with Gasteiger partial charge >= 0.3 is 6.09 Å². The van der Waals surface area contributed by atoms with E-state index in [0.29, 0.717) is 16.9 Å². The van der Waals surface area contributed by atoms with Crippen LogP contribution < -0.4 is 10.6 Å². The molecule has 1 heterocycles. The number of aryl methyl sites for hydroxylation is 1. The molecule has 0 saturated carbocycles. The number of nitrogens with one attached hydrogen (secondary N) is 2. The van der Waals surface area contributed by atoms with Gasteiger partial charge in [-0.1, -0.05) is 18.2 Å². The molecule has 0 fully saturated rings. The number of carbonyl (C=O) groups excluding carboxylic acids is 2. The van der Waals surface area contributed by atoms with E-state index in [-0.39, 0.29) is 5.91 Å². The van der Waals surface area contributed by atoms with Gasteiger partial charge in [-0.3, -0.25) is 10.1 Å². The van der Waals surface area contributed by atoms with Gasteiger partial charge in [-0.15, -0.1) is 11.3 Å². The van der Waals surface area contributed by atoms with Crippen molar-refractivity contribution in [1.82, 2.24) is 4.98 Å². The van der Waals surface area contributed by atoms with E-state index in [9.17, 15) is 9.59 Å². The van der Waals surface area contributed by atoms with Crippen molar-refractivity contribution in [2.24, 2.45) is 0 Å². The predicted octanol–water partition coefficient (Wildman–Crippen LogP) is 5.72. The molecule has 2 aromatic carbocycles. The minimum absolute atomic E-state index is 0.274. The Morgan fingerprint density at radius 1 is 1.00 bits per heavy atom. The second-order valence-corrected chi connectivity index (χ2v) is 8.56. The topological polar surface area (TPSA) is 80.3 Å². The Morgan fingerprint density at radius 3 is 2.34 bits per heavy atom. The summed E-state index contributed by atoms with van der Waals surface area (Å²) < 4.78 is 5.24. The van der Waals surface area contributed by atoms with E-state index in [2.05, 4.69) is 15.6 Å². The first-order valence-corrected chi connectivity index (χ1v) is 10.0. The lowest BCUT2D eigenvalue weighted by atomic mass is 10.1. The van der Waals surface area contributed by atoms with Crippen molar-refractivity contribution in [3.05, 3.63) is 64.5 Å². The highest BCUT2D eigenvalue weighted by Crippen LogP contribution is 2.24. The Kier molecular flexibility index (Phi) is 5.98. The second-order valence-electron chi connectivity index (χ2n) is 7.49. The summed E-state index contributed by atoms with van der Waals surface area (Å²) in [5.41, 5.74) is 2.80. The molecule has 29 heavy (non-hydrogen) atoms. The van der Waals surface area contributed by atoms with Gasteiger partial charge in [-0.05, 0) is 58.0 Å². The molecule has 150 valence electrons. The molecule has 0 aliphatic carbocycles. The highest BCUT2D eigenvalue weighted by atomic mass is 32.1. The minimum Gasteiger partial charge on any atom is -0.444 e.